The van der Waals surface area contributed by atoms with Crippen LogP contribution in [-0.2, 0) is 28.5 Å². The zero-order valence-electron chi connectivity index (χ0n) is 16.9. The number of aliphatic hydroxyl groups excluding tert-OH is 1. The fraction of sp³-hybridized carbons (Fsp3) is 0.947. The molecule has 0 aromatic carbocycles. The quantitative estimate of drug-likeness (QED) is 0.712. The Morgan fingerprint density at radius 2 is 1.42 bits per heavy atom. The van der Waals surface area contributed by atoms with E-state index in [4.69, 9.17) is 23.7 Å². The van der Waals surface area contributed by atoms with Crippen molar-refractivity contribution >= 4 is 5.97 Å². The van der Waals surface area contributed by atoms with Crippen LogP contribution in [0.5, 0.6) is 0 Å². The molecule has 2 fully saturated rings. The van der Waals surface area contributed by atoms with E-state index < -0.39 is 23.4 Å². The Balaban J connectivity index is 1.84. The highest BCUT2D eigenvalue weighted by molar-refractivity contribution is 5.71. The van der Waals surface area contributed by atoms with Crippen LogP contribution in [0.2, 0.25) is 0 Å². The second-order valence-electron chi connectivity index (χ2n) is 9.31. The van der Waals surface area contributed by atoms with Gasteiger partial charge in [-0.2, -0.15) is 0 Å². The second kappa shape index (κ2) is 8.10. The van der Waals surface area contributed by atoms with Crippen LogP contribution < -0.4 is 0 Å². The molecule has 7 nitrogen and oxygen atoms in total. The normalized spacial score (nSPS) is 30.6. The number of hydrogen-bond acceptors (Lipinski definition) is 7. The van der Waals surface area contributed by atoms with Crippen LogP contribution in [-0.4, -0.2) is 63.3 Å². The molecule has 0 aliphatic carbocycles. The standard InChI is InChI=1S/C19H34O7/c1-13(2)14(21)22-8-18(5,6)16-25-11-19(12-26-16)9-23-15(24-10-19)17(3,4)7-20/h13,15-16,20H,7-12H2,1-6H3. The Kier molecular flexibility index (Phi) is 6.72. The molecule has 0 aromatic rings. The lowest BCUT2D eigenvalue weighted by Crippen LogP contribution is -2.57. The van der Waals surface area contributed by atoms with E-state index in [1.807, 2.05) is 27.7 Å². The maximum Gasteiger partial charge on any atom is 0.308 e. The summed E-state index contributed by atoms with van der Waals surface area (Å²) in [4.78, 5) is 11.7. The largest absolute Gasteiger partial charge is 0.465 e. The summed E-state index contributed by atoms with van der Waals surface area (Å²) in [5.41, 5.74) is -1.25. The van der Waals surface area contributed by atoms with E-state index in [1.54, 1.807) is 13.8 Å². The number of rotatable bonds is 6. The van der Waals surface area contributed by atoms with Gasteiger partial charge in [0.25, 0.3) is 0 Å². The molecule has 7 heteroatoms. The van der Waals surface area contributed by atoms with Crippen molar-refractivity contribution < 1.29 is 33.6 Å². The summed E-state index contributed by atoms with van der Waals surface area (Å²) in [5, 5.41) is 9.45. The third-order valence-electron chi connectivity index (χ3n) is 4.91. The molecule has 1 spiro atoms. The first-order valence-corrected chi connectivity index (χ1v) is 9.25. The molecule has 2 aliphatic rings. The maximum absolute atomic E-state index is 11.7. The fourth-order valence-electron chi connectivity index (χ4n) is 2.82. The average molecular weight is 374 g/mol. The lowest BCUT2D eigenvalue weighted by atomic mass is 9.86. The molecule has 0 atom stereocenters. The van der Waals surface area contributed by atoms with Crippen molar-refractivity contribution in [2.24, 2.45) is 22.2 Å². The topological polar surface area (TPSA) is 83.5 Å². The van der Waals surface area contributed by atoms with E-state index in [0.717, 1.165) is 0 Å². The number of carbonyl (C=O) groups is 1. The summed E-state index contributed by atoms with van der Waals surface area (Å²) < 4.78 is 28.9. The highest BCUT2D eigenvalue weighted by Gasteiger charge is 2.47. The maximum atomic E-state index is 11.7. The number of hydrogen-bond donors (Lipinski definition) is 1. The Morgan fingerprint density at radius 3 is 1.81 bits per heavy atom. The van der Waals surface area contributed by atoms with Crippen LogP contribution in [0.25, 0.3) is 0 Å². The van der Waals surface area contributed by atoms with Crippen LogP contribution in [0, 0.1) is 22.2 Å². The number of ether oxygens (including phenoxy) is 5. The summed E-state index contributed by atoms with van der Waals surface area (Å²) in [6.45, 7) is 13.4. The summed E-state index contributed by atoms with van der Waals surface area (Å²) in [6, 6.07) is 0. The Hall–Kier alpha value is -0.730. The Bertz CT molecular complexity index is 468. The van der Waals surface area contributed by atoms with Crippen molar-refractivity contribution in [3.05, 3.63) is 0 Å². The van der Waals surface area contributed by atoms with Gasteiger partial charge >= 0.3 is 5.97 Å². The lowest BCUT2D eigenvalue weighted by molar-refractivity contribution is -0.337. The van der Waals surface area contributed by atoms with Crippen LogP contribution in [0.15, 0.2) is 0 Å². The summed E-state index contributed by atoms with van der Waals surface area (Å²) in [5.74, 6) is -0.383. The summed E-state index contributed by atoms with van der Waals surface area (Å²) >= 11 is 0. The van der Waals surface area contributed by atoms with E-state index in [1.165, 1.54) is 0 Å². The number of esters is 1. The van der Waals surface area contributed by atoms with Gasteiger partial charge in [-0.15, -0.1) is 0 Å². The molecule has 0 radical (unpaired) electrons. The van der Waals surface area contributed by atoms with E-state index in [0.29, 0.717) is 26.4 Å². The van der Waals surface area contributed by atoms with Crippen molar-refractivity contribution in [2.75, 3.05) is 39.6 Å². The van der Waals surface area contributed by atoms with Crippen LogP contribution in [0.1, 0.15) is 41.5 Å². The number of carbonyl (C=O) groups excluding carboxylic acids is 1. The van der Waals surface area contributed by atoms with Crippen molar-refractivity contribution in [3.8, 4) is 0 Å². The summed E-state index contributed by atoms with van der Waals surface area (Å²) in [7, 11) is 0. The summed E-state index contributed by atoms with van der Waals surface area (Å²) in [6.07, 6.45) is -0.901. The first-order chi connectivity index (χ1) is 12.0. The third-order valence-corrected chi connectivity index (χ3v) is 4.91. The molecular weight excluding hydrogens is 340 g/mol. The average Bonchev–Trinajstić information content (AvgIpc) is 2.60. The van der Waals surface area contributed by atoms with E-state index in [9.17, 15) is 9.90 Å². The third kappa shape index (κ3) is 4.95. The van der Waals surface area contributed by atoms with Crippen molar-refractivity contribution in [1.82, 2.24) is 0 Å². The minimum absolute atomic E-state index is 0.0109. The van der Waals surface area contributed by atoms with Gasteiger partial charge in [0.15, 0.2) is 12.6 Å². The molecule has 2 heterocycles. The number of aliphatic hydroxyl groups is 1. The first-order valence-electron chi connectivity index (χ1n) is 9.25. The highest BCUT2D eigenvalue weighted by atomic mass is 16.7. The Morgan fingerprint density at radius 1 is 1.00 bits per heavy atom. The van der Waals surface area contributed by atoms with Crippen LogP contribution >= 0.6 is 0 Å². The van der Waals surface area contributed by atoms with Gasteiger partial charge in [-0.25, -0.2) is 0 Å². The lowest BCUT2D eigenvalue weighted by Gasteiger charge is -2.48. The molecule has 26 heavy (non-hydrogen) atoms. The predicted octanol–water partition coefficient (Wildman–Crippen LogP) is 1.96. The van der Waals surface area contributed by atoms with Crippen LogP contribution in [0.3, 0.4) is 0 Å². The SMILES string of the molecule is CC(C)C(=O)OCC(C)(C)C1OCC2(COC(C(C)(C)CO)OC2)CO1. The molecular formula is C19H34O7. The van der Waals surface area contributed by atoms with Gasteiger partial charge in [-0.1, -0.05) is 41.5 Å². The zero-order chi connectivity index (χ0) is 19.6. The van der Waals surface area contributed by atoms with Gasteiger partial charge in [-0.05, 0) is 0 Å². The van der Waals surface area contributed by atoms with Gasteiger partial charge in [-0.3, -0.25) is 4.79 Å². The molecule has 2 rings (SSSR count). The van der Waals surface area contributed by atoms with Crippen molar-refractivity contribution in [3.63, 3.8) is 0 Å². The van der Waals surface area contributed by atoms with Crippen molar-refractivity contribution in [2.45, 2.75) is 54.1 Å². The van der Waals surface area contributed by atoms with Gasteiger partial charge in [0.1, 0.15) is 6.61 Å². The zero-order valence-corrected chi connectivity index (χ0v) is 16.9. The molecule has 2 saturated heterocycles. The smallest absolute Gasteiger partial charge is 0.308 e. The van der Waals surface area contributed by atoms with Crippen LogP contribution in [0.4, 0.5) is 0 Å². The minimum Gasteiger partial charge on any atom is -0.465 e. The van der Waals surface area contributed by atoms with Gasteiger partial charge in [0, 0.05) is 10.8 Å². The fourth-order valence-corrected chi connectivity index (χ4v) is 2.82. The van der Waals surface area contributed by atoms with Gasteiger partial charge in [0.05, 0.1) is 44.4 Å². The van der Waals surface area contributed by atoms with E-state index >= 15 is 0 Å². The molecule has 0 bridgehead atoms. The first kappa shape index (κ1) is 21.6. The molecule has 1 N–H and O–H groups in total. The molecule has 0 aromatic heterocycles. The minimum atomic E-state index is -0.459. The van der Waals surface area contributed by atoms with E-state index in [-0.39, 0.29) is 30.5 Å². The second-order valence-corrected chi connectivity index (χ2v) is 9.31. The Labute approximate surface area is 156 Å². The molecule has 152 valence electrons. The van der Waals surface area contributed by atoms with Gasteiger partial charge < -0.3 is 28.8 Å². The predicted molar refractivity (Wildman–Crippen MR) is 94.3 cm³/mol. The van der Waals surface area contributed by atoms with E-state index in [2.05, 4.69) is 0 Å². The van der Waals surface area contributed by atoms with Gasteiger partial charge in [0.2, 0.25) is 0 Å². The molecule has 2 aliphatic heterocycles. The monoisotopic (exact) mass is 374 g/mol. The molecule has 0 amide bonds. The molecule has 0 unspecified atom stereocenters. The van der Waals surface area contributed by atoms with Crippen molar-refractivity contribution in [1.29, 1.82) is 0 Å². The molecule has 0 saturated carbocycles. The highest BCUT2D eigenvalue weighted by Crippen LogP contribution is 2.38.